The number of rotatable bonds is 5. The molecule has 2 atom stereocenters. The van der Waals surface area contributed by atoms with Crippen LogP contribution >= 0.6 is 11.6 Å². The molecule has 2 aromatic carbocycles. The third kappa shape index (κ3) is 4.89. The molecule has 22 heavy (non-hydrogen) atoms. The highest BCUT2D eigenvalue weighted by Gasteiger charge is 2.16. The van der Waals surface area contributed by atoms with Crippen LogP contribution in [0, 0.1) is 6.92 Å². The van der Waals surface area contributed by atoms with Crippen molar-refractivity contribution in [3.05, 3.63) is 64.2 Å². The Morgan fingerprint density at radius 1 is 1.18 bits per heavy atom. The van der Waals surface area contributed by atoms with E-state index in [-0.39, 0.29) is 18.4 Å². The standard InChI is InChI=1S/C17H20ClNO2.ClH/c1-11-9-14(17(20)12(2)19)5-8-16(11)21-10-13-3-6-15(18)7-4-13;/h3-9,12,17,20H,10,19H2,1-2H3;1H. The summed E-state index contributed by atoms with van der Waals surface area (Å²) in [5.74, 6) is 0.817. The molecule has 0 saturated carbocycles. The van der Waals surface area contributed by atoms with E-state index >= 15 is 0 Å². The lowest BCUT2D eigenvalue weighted by atomic mass is 10.0. The summed E-state index contributed by atoms with van der Waals surface area (Å²) in [6.45, 7) is 4.36. The highest BCUT2D eigenvalue weighted by molar-refractivity contribution is 6.30. The van der Waals surface area contributed by atoms with E-state index in [0.29, 0.717) is 6.61 Å². The molecule has 2 aromatic rings. The summed E-state index contributed by atoms with van der Waals surface area (Å²) in [4.78, 5) is 0. The lowest BCUT2D eigenvalue weighted by molar-refractivity contribution is -0.433. The molecule has 0 aliphatic rings. The molecule has 3 nitrogen and oxygen atoms in total. The fourth-order valence-electron chi connectivity index (χ4n) is 2.09. The lowest BCUT2D eigenvalue weighted by Gasteiger charge is -2.15. The minimum atomic E-state index is -0.547. The van der Waals surface area contributed by atoms with Gasteiger partial charge >= 0.3 is 0 Å². The van der Waals surface area contributed by atoms with E-state index in [4.69, 9.17) is 16.3 Å². The maximum Gasteiger partial charge on any atom is 0.130 e. The summed E-state index contributed by atoms with van der Waals surface area (Å²) in [6.07, 6.45) is -0.547. The monoisotopic (exact) mass is 341 g/mol. The van der Waals surface area contributed by atoms with Crippen molar-refractivity contribution in [2.45, 2.75) is 32.6 Å². The minimum absolute atomic E-state index is 0. The summed E-state index contributed by atoms with van der Waals surface area (Å²) in [6, 6.07) is 13.3. The molecule has 0 amide bonds. The molecule has 0 aromatic heterocycles. The molecule has 0 aliphatic carbocycles. The van der Waals surface area contributed by atoms with E-state index in [9.17, 15) is 5.11 Å². The first kappa shape index (κ1) is 18.8. The van der Waals surface area contributed by atoms with Gasteiger partial charge < -0.3 is 28.0 Å². The van der Waals surface area contributed by atoms with Crippen LogP contribution in [0.3, 0.4) is 0 Å². The third-order valence-electron chi connectivity index (χ3n) is 3.39. The Balaban J connectivity index is 0.00000242. The Hall–Kier alpha value is -1.26. The molecule has 0 bridgehead atoms. The van der Waals surface area contributed by atoms with Gasteiger partial charge in [0.25, 0.3) is 0 Å². The van der Waals surface area contributed by atoms with Gasteiger partial charge in [-0.05, 0) is 54.8 Å². The highest BCUT2D eigenvalue weighted by Crippen LogP contribution is 2.24. The summed E-state index contributed by atoms with van der Waals surface area (Å²) in [7, 11) is 0. The summed E-state index contributed by atoms with van der Waals surface area (Å²) >= 11 is 5.86. The maximum absolute atomic E-state index is 10.0. The minimum Gasteiger partial charge on any atom is -1.00 e. The van der Waals surface area contributed by atoms with E-state index in [1.165, 1.54) is 0 Å². The number of halogens is 2. The van der Waals surface area contributed by atoms with Gasteiger partial charge in [-0.15, -0.1) is 0 Å². The number of hydrogen-bond acceptors (Lipinski definition) is 2. The van der Waals surface area contributed by atoms with Crippen molar-refractivity contribution >= 4 is 11.6 Å². The van der Waals surface area contributed by atoms with Gasteiger partial charge in [0.15, 0.2) is 0 Å². The third-order valence-corrected chi connectivity index (χ3v) is 3.64. The quantitative estimate of drug-likeness (QED) is 0.797. The molecule has 0 spiro atoms. The van der Waals surface area contributed by atoms with E-state index in [0.717, 1.165) is 27.5 Å². The summed E-state index contributed by atoms with van der Waals surface area (Å²) in [5, 5.41) is 10.7. The van der Waals surface area contributed by atoms with Crippen molar-refractivity contribution < 1.29 is 28.0 Å². The Bertz CT molecular complexity index is 600. The molecule has 0 fully saturated rings. The van der Waals surface area contributed by atoms with E-state index in [2.05, 4.69) is 5.73 Å². The van der Waals surface area contributed by atoms with Crippen LogP contribution in [0.1, 0.15) is 29.7 Å². The molecule has 5 heteroatoms. The van der Waals surface area contributed by atoms with E-state index in [1.807, 2.05) is 56.3 Å². The SMILES string of the molecule is Cc1cc(C(O)C(C)[NH3+])ccc1OCc1ccc(Cl)cc1.[Cl-]. The first-order chi connectivity index (χ1) is 9.97. The zero-order valence-electron chi connectivity index (χ0n) is 12.7. The number of aliphatic hydroxyl groups is 1. The number of aryl methyl sites for hydroxylation is 1. The fraction of sp³-hybridized carbons (Fsp3) is 0.294. The van der Waals surface area contributed by atoms with Gasteiger partial charge in [0.2, 0.25) is 0 Å². The molecule has 4 N–H and O–H groups in total. The molecule has 120 valence electrons. The van der Waals surface area contributed by atoms with Gasteiger partial charge in [0.05, 0.1) is 0 Å². The predicted molar refractivity (Wildman–Crippen MR) is 84.3 cm³/mol. The van der Waals surface area contributed by atoms with Crippen LogP contribution in [0.5, 0.6) is 5.75 Å². The fourth-order valence-corrected chi connectivity index (χ4v) is 2.21. The molecule has 0 heterocycles. The second kappa shape index (κ2) is 8.39. The Morgan fingerprint density at radius 3 is 2.36 bits per heavy atom. The van der Waals surface area contributed by atoms with Crippen molar-refractivity contribution in [1.82, 2.24) is 0 Å². The average molecular weight is 342 g/mol. The molecule has 0 saturated heterocycles. The van der Waals surface area contributed by atoms with Crippen molar-refractivity contribution in [1.29, 1.82) is 0 Å². The largest absolute Gasteiger partial charge is 1.00 e. The van der Waals surface area contributed by atoms with Gasteiger partial charge in [-0.3, -0.25) is 0 Å². The Labute approximate surface area is 142 Å². The van der Waals surface area contributed by atoms with Crippen LogP contribution in [0.15, 0.2) is 42.5 Å². The van der Waals surface area contributed by atoms with Crippen molar-refractivity contribution in [3.8, 4) is 5.75 Å². The van der Waals surface area contributed by atoms with Gasteiger partial charge in [-0.1, -0.05) is 29.8 Å². The Kier molecular flexibility index (Phi) is 7.17. The molecule has 0 radical (unpaired) electrons. The number of aliphatic hydroxyl groups excluding tert-OH is 1. The van der Waals surface area contributed by atoms with Gasteiger partial charge in [-0.2, -0.15) is 0 Å². The second-order valence-electron chi connectivity index (χ2n) is 5.36. The van der Waals surface area contributed by atoms with E-state index < -0.39 is 6.10 Å². The number of hydrogen-bond donors (Lipinski definition) is 2. The predicted octanol–water partition coefficient (Wildman–Crippen LogP) is -0.105. The first-order valence-electron chi connectivity index (χ1n) is 6.96. The molecule has 0 aliphatic heterocycles. The van der Waals surface area contributed by atoms with Crippen LogP contribution in [0.2, 0.25) is 5.02 Å². The zero-order valence-corrected chi connectivity index (χ0v) is 14.2. The van der Waals surface area contributed by atoms with Crippen LogP contribution in [0.25, 0.3) is 0 Å². The van der Waals surface area contributed by atoms with Gasteiger partial charge in [0.1, 0.15) is 24.5 Å². The second-order valence-corrected chi connectivity index (χ2v) is 5.80. The number of benzene rings is 2. The lowest BCUT2D eigenvalue weighted by Crippen LogP contribution is -3.00. The van der Waals surface area contributed by atoms with Gasteiger partial charge in [-0.25, -0.2) is 0 Å². The topological polar surface area (TPSA) is 57.1 Å². The van der Waals surface area contributed by atoms with Crippen molar-refractivity contribution in [3.63, 3.8) is 0 Å². The normalized spacial score (nSPS) is 13.1. The van der Waals surface area contributed by atoms with Crippen LogP contribution in [-0.4, -0.2) is 11.1 Å². The molecular weight excluding hydrogens is 321 g/mol. The first-order valence-corrected chi connectivity index (χ1v) is 7.34. The van der Waals surface area contributed by atoms with Crippen LogP contribution in [-0.2, 0) is 6.61 Å². The molecule has 2 unspecified atom stereocenters. The van der Waals surface area contributed by atoms with Crippen molar-refractivity contribution in [2.24, 2.45) is 0 Å². The highest BCUT2D eigenvalue weighted by atomic mass is 35.5. The van der Waals surface area contributed by atoms with E-state index in [1.54, 1.807) is 0 Å². The maximum atomic E-state index is 10.0. The summed E-state index contributed by atoms with van der Waals surface area (Å²) < 4.78 is 5.82. The van der Waals surface area contributed by atoms with Gasteiger partial charge in [0, 0.05) is 5.02 Å². The summed E-state index contributed by atoms with van der Waals surface area (Å²) in [5.41, 5.74) is 6.79. The molecule has 2 rings (SSSR count). The zero-order chi connectivity index (χ0) is 15.4. The average Bonchev–Trinajstić information content (AvgIpc) is 2.46. The smallest absolute Gasteiger partial charge is 0.130 e. The van der Waals surface area contributed by atoms with Crippen molar-refractivity contribution in [2.75, 3.05) is 0 Å². The van der Waals surface area contributed by atoms with Crippen LogP contribution < -0.4 is 22.9 Å². The number of quaternary nitrogens is 1. The molecular formula is C17H21Cl2NO2. The number of ether oxygens (including phenoxy) is 1. The Morgan fingerprint density at radius 2 is 1.82 bits per heavy atom. The van der Waals surface area contributed by atoms with Crippen LogP contribution in [0.4, 0.5) is 0 Å².